The third-order valence-electron chi connectivity index (χ3n) is 5.12. The maximum absolute atomic E-state index is 14.0. The summed E-state index contributed by atoms with van der Waals surface area (Å²) in [4.78, 5) is 41.3. The van der Waals surface area contributed by atoms with Gasteiger partial charge in [-0.3, -0.25) is 24.2 Å². The van der Waals surface area contributed by atoms with Gasteiger partial charge < -0.3 is 9.47 Å². The van der Waals surface area contributed by atoms with Crippen LogP contribution in [0.3, 0.4) is 0 Å². The van der Waals surface area contributed by atoms with Crippen LogP contribution in [0.15, 0.2) is 66.7 Å². The zero-order valence-corrected chi connectivity index (χ0v) is 17.4. The van der Waals surface area contributed by atoms with Gasteiger partial charge in [-0.05, 0) is 42.5 Å². The highest BCUT2D eigenvalue weighted by Gasteiger charge is 2.37. The second-order valence-corrected chi connectivity index (χ2v) is 7.04. The highest BCUT2D eigenvalue weighted by atomic mass is 19.1. The van der Waals surface area contributed by atoms with Gasteiger partial charge in [0.05, 0.1) is 25.3 Å². The van der Waals surface area contributed by atoms with Crippen molar-refractivity contribution < 1.29 is 28.2 Å². The average Bonchev–Trinajstić information content (AvgIpc) is 3.06. The first-order valence-corrected chi connectivity index (χ1v) is 9.68. The summed E-state index contributed by atoms with van der Waals surface area (Å²) < 4.78 is 24.5. The van der Waals surface area contributed by atoms with E-state index in [2.05, 4.69) is 0 Å². The number of carbonyl (C=O) groups is 3. The molecule has 0 aromatic heterocycles. The fourth-order valence-electron chi connectivity index (χ4n) is 3.50. The highest BCUT2D eigenvalue weighted by Crippen LogP contribution is 2.28. The summed E-state index contributed by atoms with van der Waals surface area (Å²) in [5.74, 6) is -1.42. The summed E-state index contributed by atoms with van der Waals surface area (Å²) in [6.07, 6.45) is 0. The van der Waals surface area contributed by atoms with Gasteiger partial charge in [0.15, 0.2) is 0 Å². The zero-order valence-electron chi connectivity index (χ0n) is 17.4. The van der Waals surface area contributed by atoms with Gasteiger partial charge in [-0.2, -0.15) is 0 Å². The maximum atomic E-state index is 14.0. The van der Waals surface area contributed by atoms with Crippen LogP contribution in [0.25, 0.3) is 0 Å². The van der Waals surface area contributed by atoms with Gasteiger partial charge in [0.1, 0.15) is 24.0 Å². The SMILES string of the molecule is COc1cc(OC)cc(C(=O)N(CN2C(=O)c3ccccc3C2=O)c2cccc(F)c2)c1. The minimum Gasteiger partial charge on any atom is -0.497 e. The van der Waals surface area contributed by atoms with Crippen LogP contribution >= 0.6 is 0 Å². The molecule has 0 saturated carbocycles. The Kier molecular flexibility index (Phi) is 5.59. The standard InChI is InChI=1S/C24H19FN2O5/c1-31-18-10-15(11-19(13-18)32-2)22(28)26(17-7-5-6-16(25)12-17)14-27-23(29)20-8-3-4-9-21(20)24(27)30/h3-13H,14H2,1-2H3. The number of rotatable bonds is 6. The molecule has 0 aliphatic carbocycles. The molecule has 0 spiro atoms. The molecule has 4 rings (SSSR count). The lowest BCUT2D eigenvalue weighted by Gasteiger charge is -2.27. The number of hydrogen-bond acceptors (Lipinski definition) is 5. The van der Waals surface area contributed by atoms with E-state index in [1.54, 1.807) is 30.3 Å². The van der Waals surface area contributed by atoms with Crippen LogP contribution < -0.4 is 14.4 Å². The van der Waals surface area contributed by atoms with E-state index in [0.717, 1.165) is 11.0 Å². The Hall–Kier alpha value is -4.20. The number of methoxy groups -OCH3 is 2. The van der Waals surface area contributed by atoms with Gasteiger partial charge >= 0.3 is 0 Å². The van der Waals surface area contributed by atoms with Crippen LogP contribution in [0.1, 0.15) is 31.1 Å². The number of ether oxygens (including phenoxy) is 2. The topological polar surface area (TPSA) is 76.2 Å². The van der Waals surface area contributed by atoms with Crippen molar-refractivity contribution >= 4 is 23.4 Å². The fourth-order valence-corrected chi connectivity index (χ4v) is 3.50. The predicted molar refractivity (Wildman–Crippen MR) is 115 cm³/mol. The van der Waals surface area contributed by atoms with Crippen LogP contribution in [0.2, 0.25) is 0 Å². The number of amides is 3. The van der Waals surface area contributed by atoms with Crippen LogP contribution in [-0.4, -0.2) is 43.5 Å². The monoisotopic (exact) mass is 434 g/mol. The quantitative estimate of drug-likeness (QED) is 0.553. The summed E-state index contributed by atoms with van der Waals surface area (Å²) in [5.41, 5.74) is 0.884. The molecule has 0 fully saturated rings. The highest BCUT2D eigenvalue weighted by molar-refractivity contribution is 6.22. The Labute approximate surface area is 183 Å². The molecule has 0 unspecified atom stereocenters. The predicted octanol–water partition coefficient (Wildman–Crippen LogP) is 3.74. The number of nitrogens with zero attached hydrogens (tertiary/aromatic N) is 2. The summed E-state index contributed by atoms with van der Waals surface area (Å²) in [6, 6.07) is 16.4. The van der Waals surface area contributed by atoms with Crippen LogP contribution in [0.4, 0.5) is 10.1 Å². The van der Waals surface area contributed by atoms with Crippen molar-refractivity contribution in [3.05, 3.63) is 89.2 Å². The molecule has 0 atom stereocenters. The van der Waals surface area contributed by atoms with Gasteiger partial charge in [0.2, 0.25) is 0 Å². The molecule has 0 radical (unpaired) electrons. The normalized spacial score (nSPS) is 12.5. The van der Waals surface area contributed by atoms with Gasteiger partial charge in [-0.1, -0.05) is 18.2 Å². The van der Waals surface area contributed by atoms with Gasteiger partial charge in [-0.15, -0.1) is 0 Å². The molecule has 3 aromatic carbocycles. The fraction of sp³-hybridized carbons (Fsp3) is 0.125. The van der Waals surface area contributed by atoms with Crippen molar-refractivity contribution in [2.24, 2.45) is 0 Å². The smallest absolute Gasteiger partial charge is 0.263 e. The largest absolute Gasteiger partial charge is 0.497 e. The first kappa shape index (κ1) is 21.0. The number of halogens is 1. The molecule has 7 nitrogen and oxygen atoms in total. The second-order valence-electron chi connectivity index (χ2n) is 7.04. The number of carbonyl (C=O) groups excluding carboxylic acids is 3. The van der Waals surface area contributed by atoms with Gasteiger partial charge in [0.25, 0.3) is 17.7 Å². The summed E-state index contributed by atoms with van der Waals surface area (Å²) in [7, 11) is 2.90. The van der Waals surface area contributed by atoms with E-state index in [4.69, 9.17) is 9.47 Å². The molecule has 0 bridgehead atoms. The van der Waals surface area contributed by atoms with Gasteiger partial charge in [-0.25, -0.2) is 4.39 Å². The van der Waals surface area contributed by atoms with E-state index in [0.29, 0.717) is 11.5 Å². The number of fused-ring (bicyclic) bond motifs is 1. The molecule has 0 saturated heterocycles. The van der Waals surface area contributed by atoms with E-state index in [9.17, 15) is 18.8 Å². The van der Waals surface area contributed by atoms with Crippen LogP contribution in [0.5, 0.6) is 11.5 Å². The third-order valence-corrected chi connectivity index (χ3v) is 5.12. The van der Waals surface area contributed by atoms with E-state index < -0.39 is 30.2 Å². The lowest BCUT2D eigenvalue weighted by molar-refractivity contribution is 0.0650. The molecule has 1 heterocycles. The van der Waals surface area contributed by atoms with Crippen molar-refractivity contribution in [2.45, 2.75) is 0 Å². The minimum absolute atomic E-state index is 0.182. The third kappa shape index (κ3) is 3.78. The van der Waals surface area contributed by atoms with Crippen molar-refractivity contribution in [3.8, 4) is 11.5 Å². The molecule has 1 aliphatic heterocycles. The Morgan fingerprint density at radius 1 is 0.875 bits per heavy atom. The van der Waals surface area contributed by atoms with Crippen molar-refractivity contribution in [1.29, 1.82) is 0 Å². The molecule has 32 heavy (non-hydrogen) atoms. The maximum Gasteiger partial charge on any atom is 0.263 e. The molecule has 0 N–H and O–H groups in total. The Bertz CT molecular complexity index is 1170. The van der Waals surface area contributed by atoms with Crippen LogP contribution in [-0.2, 0) is 0 Å². The number of benzene rings is 3. The van der Waals surface area contributed by atoms with E-state index in [1.807, 2.05) is 0 Å². The molecule has 3 amide bonds. The number of anilines is 1. The number of hydrogen-bond donors (Lipinski definition) is 0. The Morgan fingerprint density at radius 2 is 1.47 bits per heavy atom. The molecule has 8 heteroatoms. The summed E-state index contributed by atoms with van der Waals surface area (Å²) in [6.45, 7) is -0.395. The van der Waals surface area contributed by atoms with Crippen molar-refractivity contribution in [3.63, 3.8) is 0 Å². The van der Waals surface area contributed by atoms with E-state index >= 15 is 0 Å². The number of imide groups is 1. The first-order valence-electron chi connectivity index (χ1n) is 9.68. The Balaban J connectivity index is 1.75. The summed E-state index contributed by atoms with van der Waals surface area (Å²) >= 11 is 0. The lowest BCUT2D eigenvalue weighted by atomic mass is 10.1. The summed E-state index contributed by atoms with van der Waals surface area (Å²) in [5, 5.41) is 0. The Morgan fingerprint density at radius 3 is 2.00 bits per heavy atom. The lowest BCUT2D eigenvalue weighted by Crippen LogP contribution is -2.44. The molecule has 162 valence electrons. The van der Waals surface area contributed by atoms with Crippen LogP contribution in [0, 0.1) is 5.82 Å². The van der Waals surface area contributed by atoms with Gasteiger partial charge in [0, 0.05) is 17.3 Å². The van der Waals surface area contributed by atoms with Crippen molar-refractivity contribution in [2.75, 3.05) is 25.8 Å². The van der Waals surface area contributed by atoms with E-state index in [1.165, 1.54) is 49.5 Å². The first-order chi connectivity index (χ1) is 15.4. The molecule has 1 aliphatic rings. The molecule has 3 aromatic rings. The second kappa shape index (κ2) is 8.50. The zero-order chi connectivity index (χ0) is 22.8. The average molecular weight is 434 g/mol. The molecular formula is C24H19FN2O5. The minimum atomic E-state index is -0.565. The molecular weight excluding hydrogens is 415 g/mol. The van der Waals surface area contributed by atoms with Crippen molar-refractivity contribution in [1.82, 2.24) is 4.90 Å². The van der Waals surface area contributed by atoms with E-state index in [-0.39, 0.29) is 22.4 Å².